The van der Waals surface area contributed by atoms with E-state index in [0.29, 0.717) is 17.7 Å². The first-order valence-electron chi connectivity index (χ1n) is 14.5. The van der Waals surface area contributed by atoms with Gasteiger partial charge < -0.3 is 44.7 Å². The Kier molecular flexibility index (Phi) is 10.3. The molecule has 2 aromatic carbocycles. The number of ether oxygens (including phenoxy) is 4. The largest absolute Gasteiger partial charge is 0.454 e. The van der Waals surface area contributed by atoms with Gasteiger partial charge in [0.15, 0.2) is 17.3 Å². The van der Waals surface area contributed by atoms with E-state index in [2.05, 4.69) is 10.8 Å². The average Bonchev–Trinajstić information content (AvgIpc) is 3.66. The summed E-state index contributed by atoms with van der Waals surface area (Å²) in [5.41, 5.74) is 4.43. The smallest absolute Gasteiger partial charge is 0.247 e. The van der Waals surface area contributed by atoms with Crippen molar-refractivity contribution in [1.82, 2.24) is 10.8 Å². The number of allylic oxidation sites excluding steroid dienone is 1. The van der Waals surface area contributed by atoms with Gasteiger partial charge in [-0.2, -0.15) is 0 Å². The van der Waals surface area contributed by atoms with Crippen LogP contribution < -0.4 is 15.5 Å². The molecule has 2 saturated heterocycles. The molecule has 0 radical (unpaired) electrons. The minimum atomic E-state index is -1.50. The summed E-state index contributed by atoms with van der Waals surface area (Å²) in [6, 6.07) is 8.62. The SMILES string of the molecule is CCC(NOCc1ccc(F)cc1)=C1O[C@@H](Oc2ccc(C=C(C)C(=O)N[C@@H]3[C@H](O)[C@@H](O)[C@H]4OCO[C@H]4[C@@H]3O)cc2F)C[C@@H]1O. The van der Waals surface area contributed by atoms with E-state index in [1.54, 1.807) is 12.1 Å². The number of hydroxylamine groups is 1. The Hall–Kier alpha value is -3.63. The van der Waals surface area contributed by atoms with Crippen molar-refractivity contribution >= 4 is 12.0 Å². The molecule has 5 rings (SSSR count). The highest BCUT2D eigenvalue weighted by Crippen LogP contribution is 2.32. The number of carbonyl (C=O) groups excluding carboxylic acids is 1. The van der Waals surface area contributed by atoms with Crippen molar-refractivity contribution in [1.29, 1.82) is 0 Å². The molecule has 0 spiro atoms. The molecule has 0 unspecified atom stereocenters. The second-order valence-electron chi connectivity index (χ2n) is 11.0. The van der Waals surface area contributed by atoms with E-state index in [0.717, 1.165) is 11.6 Å². The van der Waals surface area contributed by atoms with Crippen molar-refractivity contribution in [2.45, 2.75) is 82.3 Å². The van der Waals surface area contributed by atoms with Crippen LogP contribution in [-0.4, -0.2) is 82.1 Å². The maximum Gasteiger partial charge on any atom is 0.247 e. The molecule has 0 bridgehead atoms. The third kappa shape index (κ3) is 7.44. The number of rotatable bonds is 10. The first-order valence-corrected chi connectivity index (χ1v) is 14.5. The molecule has 45 heavy (non-hydrogen) atoms. The summed E-state index contributed by atoms with van der Waals surface area (Å²) in [4.78, 5) is 18.3. The van der Waals surface area contributed by atoms with Gasteiger partial charge in [-0.1, -0.05) is 25.1 Å². The van der Waals surface area contributed by atoms with Crippen molar-refractivity contribution in [3.8, 4) is 5.75 Å². The van der Waals surface area contributed by atoms with Crippen LogP contribution in [0.1, 0.15) is 37.8 Å². The lowest BCUT2D eigenvalue weighted by atomic mass is 9.83. The third-order valence-electron chi connectivity index (χ3n) is 7.83. The summed E-state index contributed by atoms with van der Waals surface area (Å²) >= 11 is 0. The Morgan fingerprint density at radius 3 is 2.42 bits per heavy atom. The quantitative estimate of drug-likeness (QED) is 0.166. The van der Waals surface area contributed by atoms with Crippen LogP contribution in [-0.2, 0) is 30.4 Å². The predicted octanol–water partition coefficient (Wildman–Crippen LogP) is 1.52. The Morgan fingerprint density at radius 1 is 1.02 bits per heavy atom. The molecule has 12 nitrogen and oxygen atoms in total. The van der Waals surface area contributed by atoms with Crippen molar-refractivity contribution in [3.63, 3.8) is 0 Å². The van der Waals surface area contributed by atoms with Crippen LogP contribution >= 0.6 is 0 Å². The zero-order valence-corrected chi connectivity index (χ0v) is 24.6. The molecule has 0 aromatic heterocycles. The fourth-order valence-corrected chi connectivity index (χ4v) is 5.37. The first kappa shape index (κ1) is 32.8. The van der Waals surface area contributed by atoms with E-state index in [-0.39, 0.29) is 42.7 Å². The van der Waals surface area contributed by atoms with Gasteiger partial charge >= 0.3 is 0 Å². The van der Waals surface area contributed by atoms with Gasteiger partial charge in [-0.05, 0) is 54.8 Å². The molecule has 6 N–H and O–H groups in total. The summed E-state index contributed by atoms with van der Waals surface area (Å²) in [6.45, 7) is 3.28. The van der Waals surface area contributed by atoms with Gasteiger partial charge in [-0.25, -0.2) is 8.78 Å². The molecule has 1 amide bonds. The normalized spacial score (nSPS) is 30.8. The molecular formula is C31H36F2N2O10. The summed E-state index contributed by atoms with van der Waals surface area (Å²) in [5, 5.41) is 44.4. The molecule has 244 valence electrons. The number of halogens is 2. The van der Waals surface area contributed by atoms with Crippen molar-refractivity contribution in [3.05, 3.63) is 82.3 Å². The second-order valence-corrected chi connectivity index (χ2v) is 11.0. The van der Waals surface area contributed by atoms with Crippen molar-refractivity contribution in [2.24, 2.45) is 0 Å². The summed E-state index contributed by atoms with van der Waals surface area (Å²) < 4.78 is 50.0. The van der Waals surface area contributed by atoms with Gasteiger partial charge in [-0.3, -0.25) is 15.1 Å². The molecule has 1 aliphatic carbocycles. The predicted molar refractivity (Wildman–Crippen MR) is 152 cm³/mol. The Bertz CT molecular complexity index is 1420. The van der Waals surface area contributed by atoms with Crippen LogP contribution in [0.4, 0.5) is 8.78 Å². The summed E-state index contributed by atoms with van der Waals surface area (Å²) in [7, 11) is 0. The lowest BCUT2D eigenvalue weighted by Gasteiger charge is -2.41. The molecule has 8 atom stereocenters. The Labute approximate surface area is 257 Å². The number of hydrogen-bond donors (Lipinski definition) is 6. The topological polar surface area (TPSA) is 168 Å². The monoisotopic (exact) mass is 634 g/mol. The number of aliphatic hydroxyl groups is 4. The lowest BCUT2D eigenvalue weighted by Crippen LogP contribution is -2.67. The highest BCUT2D eigenvalue weighted by Gasteiger charge is 2.53. The van der Waals surface area contributed by atoms with Crippen molar-refractivity contribution < 1.29 is 57.8 Å². The van der Waals surface area contributed by atoms with Gasteiger partial charge in [0.1, 0.15) is 49.2 Å². The number of fused-ring (bicyclic) bond motifs is 1. The number of amides is 1. The summed E-state index contributed by atoms with van der Waals surface area (Å²) in [6.07, 6.45) is -6.19. The van der Waals surface area contributed by atoms with Crippen LogP contribution in [0.25, 0.3) is 6.08 Å². The Balaban J connectivity index is 1.17. The molecule has 3 aliphatic rings. The molecule has 1 saturated carbocycles. The van der Waals surface area contributed by atoms with E-state index in [9.17, 15) is 29.6 Å². The van der Waals surface area contributed by atoms with Crippen LogP contribution in [0.5, 0.6) is 5.75 Å². The third-order valence-corrected chi connectivity index (χ3v) is 7.83. The van der Waals surface area contributed by atoms with Gasteiger partial charge in [0.2, 0.25) is 12.2 Å². The van der Waals surface area contributed by atoms with Crippen LogP contribution in [0.3, 0.4) is 0 Å². The standard InChI is InChI=1S/C31H36F2N2O10/c1-3-20(35-43-13-16-4-7-18(32)8-5-16)28-21(36)12-23(45-28)44-22-9-6-17(11-19(22)33)10-15(2)31(40)34-24-25(37)27(39)30-29(26(24)38)41-14-42-30/h4-11,21,23-27,29-30,35-39H,3,12-14H2,1-2H3,(H,34,40)/t21-,23+,24+,25-,26+,27+,29-,30+/m0/s1. The molecule has 2 heterocycles. The minimum absolute atomic E-state index is 0.0329. The average molecular weight is 635 g/mol. The molecule has 3 fully saturated rings. The Morgan fingerprint density at radius 2 is 1.73 bits per heavy atom. The highest BCUT2D eigenvalue weighted by molar-refractivity contribution is 5.97. The maximum absolute atomic E-state index is 15.0. The van der Waals surface area contributed by atoms with E-state index in [1.165, 1.54) is 37.3 Å². The van der Waals surface area contributed by atoms with E-state index < -0.39 is 60.7 Å². The van der Waals surface area contributed by atoms with Gasteiger partial charge in [0.25, 0.3) is 0 Å². The molecular weight excluding hydrogens is 598 g/mol. The fraction of sp³-hybridized carbons (Fsp3) is 0.452. The molecule has 2 aromatic rings. The lowest BCUT2D eigenvalue weighted by molar-refractivity contribution is -0.155. The molecule has 14 heteroatoms. The zero-order chi connectivity index (χ0) is 32.2. The minimum Gasteiger partial charge on any atom is -0.454 e. The van der Waals surface area contributed by atoms with Gasteiger partial charge in [0.05, 0.1) is 24.8 Å². The first-order chi connectivity index (χ1) is 21.5. The van der Waals surface area contributed by atoms with Crippen LogP contribution in [0, 0.1) is 11.6 Å². The van der Waals surface area contributed by atoms with E-state index in [1.807, 2.05) is 6.92 Å². The number of aliphatic hydroxyl groups excluding tert-OH is 4. The number of benzene rings is 2. The number of nitrogens with one attached hydrogen (secondary N) is 2. The van der Waals surface area contributed by atoms with Crippen molar-refractivity contribution in [2.75, 3.05) is 6.79 Å². The summed E-state index contributed by atoms with van der Waals surface area (Å²) in [5.74, 6) is -1.69. The number of carbonyl (C=O) groups is 1. The fourth-order valence-electron chi connectivity index (χ4n) is 5.37. The highest BCUT2D eigenvalue weighted by atomic mass is 19.1. The maximum atomic E-state index is 15.0. The van der Waals surface area contributed by atoms with Gasteiger partial charge in [-0.15, -0.1) is 0 Å². The molecule has 2 aliphatic heterocycles. The van der Waals surface area contributed by atoms with E-state index in [4.69, 9.17) is 23.8 Å². The van der Waals surface area contributed by atoms with Crippen LogP contribution in [0.15, 0.2) is 59.5 Å². The second kappa shape index (κ2) is 14.2. The van der Waals surface area contributed by atoms with Crippen LogP contribution in [0.2, 0.25) is 0 Å². The van der Waals surface area contributed by atoms with Gasteiger partial charge in [0, 0.05) is 5.57 Å². The number of hydrogen-bond acceptors (Lipinski definition) is 11. The van der Waals surface area contributed by atoms with E-state index >= 15 is 4.39 Å². The zero-order valence-electron chi connectivity index (χ0n) is 24.6.